The molecule has 0 aromatic carbocycles. The molecule has 1 saturated heterocycles. The molecule has 1 aliphatic carbocycles. The fourth-order valence-corrected chi connectivity index (χ4v) is 4.91. The normalized spacial score (nSPS) is 18.2. The molecular weight excluding hydrogens is 364 g/mol. The van der Waals surface area contributed by atoms with E-state index < -0.39 is 0 Å². The molecule has 1 fully saturated rings. The molecule has 7 nitrogen and oxygen atoms in total. The summed E-state index contributed by atoms with van der Waals surface area (Å²) in [5.41, 5.74) is 4.08. The summed E-state index contributed by atoms with van der Waals surface area (Å²) in [5, 5.41) is 0. The minimum Gasteiger partial charge on any atom is -0.334 e. The molecule has 1 N–H and O–H groups in total. The van der Waals surface area contributed by atoms with E-state index in [1.54, 1.807) is 12.4 Å². The molecule has 7 heteroatoms. The molecule has 150 valence electrons. The van der Waals surface area contributed by atoms with Crippen LogP contribution in [0.2, 0.25) is 0 Å². The van der Waals surface area contributed by atoms with Crippen LogP contribution in [-0.2, 0) is 24.9 Å². The van der Waals surface area contributed by atoms with Gasteiger partial charge in [-0.05, 0) is 57.8 Å². The first kappa shape index (κ1) is 18.2. The van der Waals surface area contributed by atoms with Gasteiger partial charge < -0.3 is 9.55 Å². The predicted octanol–water partition coefficient (Wildman–Crippen LogP) is 2.53. The molecule has 29 heavy (non-hydrogen) atoms. The van der Waals surface area contributed by atoms with Crippen molar-refractivity contribution in [1.29, 1.82) is 0 Å². The van der Waals surface area contributed by atoms with Gasteiger partial charge in [0.25, 0.3) is 5.56 Å². The molecule has 0 unspecified atom stereocenters. The van der Waals surface area contributed by atoms with Crippen molar-refractivity contribution in [3.63, 3.8) is 0 Å². The number of pyridine rings is 1. The highest BCUT2D eigenvalue weighted by Crippen LogP contribution is 2.44. The standard InChI is InChI=1S/C22H26N6O/c1-2-28-15-24-13-17(28)14-27-10-7-22(8-11-27)6-5-18-19(22)25-20(26-21(18)29)16-4-3-9-23-12-16/h3-4,9,12-13,15H,2,5-8,10-11,14H2,1H3,(H,25,26,29). The van der Waals surface area contributed by atoms with E-state index in [2.05, 4.69) is 31.3 Å². The smallest absolute Gasteiger partial charge is 0.254 e. The summed E-state index contributed by atoms with van der Waals surface area (Å²) in [6, 6.07) is 3.82. The van der Waals surface area contributed by atoms with Gasteiger partial charge in [0.1, 0.15) is 5.82 Å². The summed E-state index contributed by atoms with van der Waals surface area (Å²) in [6.45, 7) is 6.07. The van der Waals surface area contributed by atoms with Crippen molar-refractivity contribution < 1.29 is 0 Å². The van der Waals surface area contributed by atoms with Crippen LogP contribution in [-0.4, -0.2) is 42.5 Å². The number of piperidine rings is 1. The average Bonchev–Trinajstić information content (AvgIpc) is 3.35. The van der Waals surface area contributed by atoms with Crippen LogP contribution in [0, 0.1) is 0 Å². The summed E-state index contributed by atoms with van der Waals surface area (Å²) in [5.74, 6) is 0.636. The van der Waals surface area contributed by atoms with Gasteiger partial charge in [-0.2, -0.15) is 0 Å². The Kier molecular flexibility index (Phi) is 4.54. The van der Waals surface area contributed by atoms with Crippen molar-refractivity contribution in [1.82, 2.24) is 29.4 Å². The van der Waals surface area contributed by atoms with Crippen LogP contribution in [0.5, 0.6) is 0 Å². The predicted molar refractivity (Wildman–Crippen MR) is 110 cm³/mol. The van der Waals surface area contributed by atoms with Gasteiger partial charge in [0.05, 0.1) is 17.7 Å². The summed E-state index contributed by atoms with van der Waals surface area (Å²) in [6.07, 6.45) is 11.3. The van der Waals surface area contributed by atoms with Gasteiger partial charge in [-0.1, -0.05) is 0 Å². The minimum atomic E-state index is 0.0139. The molecule has 2 aliphatic rings. The molecule has 5 rings (SSSR count). The third-order valence-electron chi connectivity index (χ3n) is 6.64. The number of hydrogen-bond donors (Lipinski definition) is 1. The largest absolute Gasteiger partial charge is 0.334 e. The lowest BCUT2D eigenvalue weighted by Crippen LogP contribution is -2.42. The Morgan fingerprint density at radius 1 is 1.17 bits per heavy atom. The first-order chi connectivity index (χ1) is 14.2. The van der Waals surface area contributed by atoms with E-state index in [9.17, 15) is 4.79 Å². The number of nitrogens with zero attached hydrogens (tertiary/aromatic N) is 5. The van der Waals surface area contributed by atoms with E-state index in [0.717, 1.165) is 68.7 Å². The Morgan fingerprint density at radius 2 is 2.03 bits per heavy atom. The van der Waals surface area contributed by atoms with Crippen molar-refractivity contribution >= 4 is 0 Å². The van der Waals surface area contributed by atoms with Gasteiger partial charge in [-0.25, -0.2) is 9.97 Å². The lowest BCUT2D eigenvalue weighted by molar-refractivity contribution is 0.147. The summed E-state index contributed by atoms with van der Waals surface area (Å²) in [4.78, 5) is 31.6. The van der Waals surface area contributed by atoms with Crippen molar-refractivity contribution in [3.8, 4) is 11.4 Å². The van der Waals surface area contributed by atoms with Crippen molar-refractivity contribution in [3.05, 3.63) is 64.4 Å². The average molecular weight is 390 g/mol. The molecule has 1 aliphatic heterocycles. The zero-order valence-corrected chi connectivity index (χ0v) is 16.8. The van der Waals surface area contributed by atoms with Gasteiger partial charge in [-0.15, -0.1) is 0 Å². The van der Waals surface area contributed by atoms with Gasteiger partial charge in [0.2, 0.25) is 0 Å². The third-order valence-corrected chi connectivity index (χ3v) is 6.64. The number of aromatic nitrogens is 5. The lowest BCUT2D eigenvalue weighted by atomic mass is 9.76. The fraction of sp³-hybridized carbons (Fsp3) is 0.455. The molecule has 0 radical (unpaired) electrons. The number of rotatable bonds is 4. The van der Waals surface area contributed by atoms with Gasteiger partial charge in [-0.3, -0.25) is 14.7 Å². The first-order valence-electron chi connectivity index (χ1n) is 10.4. The molecule has 0 saturated carbocycles. The lowest BCUT2D eigenvalue weighted by Gasteiger charge is -2.39. The highest BCUT2D eigenvalue weighted by atomic mass is 16.1. The van der Waals surface area contributed by atoms with Crippen LogP contribution >= 0.6 is 0 Å². The highest BCUT2D eigenvalue weighted by Gasteiger charge is 2.44. The molecular formula is C22H26N6O. The topological polar surface area (TPSA) is 79.7 Å². The van der Waals surface area contributed by atoms with Crippen LogP contribution in [0.1, 0.15) is 43.1 Å². The number of fused-ring (bicyclic) bond motifs is 2. The van der Waals surface area contributed by atoms with E-state index in [0.29, 0.717) is 5.82 Å². The van der Waals surface area contributed by atoms with Crippen molar-refractivity contribution in [2.24, 2.45) is 0 Å². The monoisotopic (exact) mass is 390 g/mol. The SMILES string of the molecule is CCn1cncc1CN1CCC2(CCc3c2nc(-c2cccnc2)[nH]c3=O)CC1. The molecule has 3 aromatic rings. The second-order valence-corrected chi connectivity index (χ2v) is 8.21. The highest BCUT2D eigenvalue weighted by molar-refractivity contribution is 5.54. The molecule has 4 heterocycles. The second-order valence-electron chi connectivity index (χ2n) is 8.21. The Balaban J connectivity index is 1.39. The van der Waals surface area contributed by atoms with Crippen LogP contribution in [0.25, 0.3) is 11.4 Å². The van der Waals surface area contributed by atoms with Gasteiger partial charge >= 0.3 is 0 Å². The maximum atomic E-state index is 12.7. The second kappa shape index (κ2) is 7.22. The Bertz CT molecular complexity index is 1060. The third kappa shape index (κ3) is 3.19. The van der Waals surface area contributed by atoms with E-state index in [1.807, 2.05) is 24.7 Å². The minimum absolute atomic E-state index is 0.0139. The number of hydrogen-bond acceptors (Lipinski definition) is 5. The van der Waals surface area contributed by atoms with Crippen LogP contribution < -0.4 is 5.56 Å². The molecule has 1 spiro atoms. The molecule has 0 bridgehead atoms. The van der Waals surface area contributed by atoms with Crippen LogP contribution in [0.4, 0.5) is 0 Å². The molecule has 3 aromatic heterocycles. The number of likely N-dealkylation sites (tertiary alicyclic amines) is 1. The number of aryl methyl sites for hydroxylation is 1. The summed E-state index contributed by atoms with van der Waals surface area (Å²) >= 11 is 0. The van der Waals surface area contributed by atoms with Crippen LogP contribution in [0.15, 0.2) is 41.8 Å². The zero-order valence-electron chi connectivity index (χ0n) is 16.8. The molecule has 0 amide bonds. The van der Waals surface area contributed by atoms with E-state index in [4.69, 9.17) is 4.98 Å². The number of aromatic amines is 1. The maximum absolute atomic E-state index is 12.7. The quantitative estimate of drug-likeness (QED) is 0.741. The number of imidazole rings is 1. The first-order valence-corrected chi connectivity index (χ1v) is 10.4. The summed E-state index contributed by atoms with van der Waals surface area (Å²) in [7, 11) is 0. The number of H-pyrrole nitrogens is 1. The van der Waals surface area contributed by atoms with E-state index >= 15 is 0 Å². The zero-order chi connectivity index (χ0) is 19.8. The Hall–Kier alpha value is -2.80. The van der Waals surface area contributed by atoms with Crippen molar-refractivity contribution in [2.45, 2.75) is 51.1 Å². The summed E-state index contributed by atoms with van der Waals surface area (Å²) < 4.78 is 2.20. The Labute approximate surface area is 169 Å². The molecule has 0 atom stereocenters. The van der Waals surface area contributed by atoms with E-state index in [-0.39, 0.29) is 11.0 Å². The Morgan fingerprint density at radius 3 is 2.79 bits per heavy atom. The van der Waals surface area contributed by atoms with Gasteiger partial charge in [0, 0.05) is 48.2 Å². The van der Waals surface area contributed by atoms with E-state index in [1.165, 1.54) is 5.69 Å². The van der Waals surface area contributed by atoms with Crippen molar-refractivity contribution in [2.75, 3.05) is 13.1 Å². The number of nitrogens with one attached hydrogen (secondary N) is 1. The van der Waals surface area contributed by atoms with Gasteiger partial charge in [0.15, 0.2) is 0 Å². The van der Waals surface area contributed by atoms with Crippen LogP contribution in [0.3, 0.4) is 0 Å². The maximum Gasteiger partial charge on any atom is 0.254 e. The fourth-order valence-electron chi connectivity index (χ4n) is 4.91.